The van der Waals surface area contributed by atoms with Crippen LogP contribution in [0.5, 0.6) is 0 Å². The maximum atomic E-state index is 13.1. The summed E-state index contributed by atoms with van der Waals surface area (Å²) in [6, 6.07) is 15.5. The van der Waals surface area contributed by atoms with Gasteiger partial charge in [-0.25, -0.2) is 19.0 Å². The Morgan fingerprint density at radius 3 is 2.32 bits per heavy atom. The molecule has 0 saturated carbocycles. The summed E-state index contributed by atoms with van der Waals surface area (Å²) in [6.07, 6.45) is 1.74. The van der Waals surface area contributed by atoms with Crippen molar-refractivity contribution in [2.45, 2.75) is 52.1 Å². The van der Waals surface area contributed by atoms with Crippen molar-refractivity contribution in [3.8, 4) is 0 Å². The molecule has 1 atom stereocenters. The zero-order chi connectivity index (χ0) is 26.5. The van der Waals surface area contributed by atoms with E-state index in [9.17, 15) is 14.4 Å². The number of carbonyl (C=O) groups excluding carboxylic acids is 2. The lowest BCUT2D eigenvalue weighted by Crippen LogP contribution is -2.43. The van der Waals surface area contributed by atoms with Gasteiger partial charge in [0.15, 0.2) is 0 Å². The molecule has 0 bridgehead atoms. The lowest BCUT2D eigenvalue weighted by molar-refractivity contribution is 0.0996. The maximum Gasteiger partial charge on any atom is 0.404 e. The first-order valence-corrected chi connectivity index (χ1v) is 13.0. The summed E-state index contributed by atoms with van der Waals surface area (Å²) >= 11 is 0. The summed E-state index contributed by atoms with van der Waals surface area (Å²) in [5.41, 5.74) is 8.60. The predicted molar refractivity (Wildman–Crippen MR) is 144 cm³/mol. The van der Waals surface area contributed by atoms with E-state index in [0.29, 0.717) is 24.4 Å². The second-order valence-corrected chi connectivity index (χ2v) is 10.1. The van der Waals surface area contributed by atoms with Crippen LogP contribution in [0.4, 0.5) is 9.59 Å². The average molecular weight is 508 g/mol. The fraction of sp³-hybridized carbons (Fsp3) is 0.464. The Kier molecular flexibility index (Phi) is 8.33. The summed E-state index contributed by atoms with van der Waals surface area (Å²) in [5.74, 6) is 0.315. The summed E-state index contributed by atoms with van der Waals surface area (Å²) in [6.45, 7) is 8.44. The standard InChI is InChI=1S/C28H37N5O4/c1-19(2)32-24-6-4-5-7-25(24)33(28(32)36)27(35)30-18-21-12-15-31(16-13-21)23(14-17-37-26(29)34)22-10-8-20(3)9-11-22/h4-11,19,21,23H,12-18H2,1-3H3,(H2,29,34)(H,30,35). The lowest BCUT2D eigenvalue weighted by atomic mass is 9.93. The van der Waals surface area contributed by atoms with Gasteiger partial charge < -0.3 is 15.8 Å². The highest BCUT2D eigenvalue weighted by Gasteiger charge is 2.27. The number of hydrogen-bond acceptors (Lipinski definition) is 5. The number of para-hydroxylation sites is 2. The van der Waals surface area contributed by atoms with Crippen LogP contribution in [0.1, 0.15) is 56.3 Å². The van der Waals surface area contributed by atoms with Crippen LogP contribution in [-0.4, -0.2) is 52.4 Å². The van der Waals surface area contributed by atoms with E-state index < -0.39 is 6.09 Å². The summed E-state index contributed by atoms with van der Waals surface area (Å²) in [5, 5.41) is 3.00. The number of rotatable bonds is 8. The number of nitrogens with two attached hydrogens (primary N) is 1. The zero-order valence-corrected chi connectivity index (χ0v) is 21.9. The SMILES string of the molecule is Cc1ccc(C(CCOC(N)=O)N2CCC(CNC(=O)n3c(=O)n(C(C)C)c4ccccc43)CC2)cc1. The summed E-state index contributed by atoms with van der Waals surface area (Å²) < 4.78 is 7.93. The number of nitrogens with one attached hydrogen (secondary N) is 1. The van der Waals surface area contributed by atoms with Crippen molar-refractivity contribution in [3.05, 3.63) is 70.1 Å². The molecule has 9 heteroatoms. The maximum absolute atomic E-state index is 13.1. The van der Waals surface area contributed by atoms with Crippen molar-refractivity contribution in [2.24, 2.45) is 11.7 Å². The quantitative estimate of drug-likeness (QED) is 0.475. The van der Waals surface area contributed by atoms with E-state index >= 15 is 0 Å². The Hall–Kier alpha value is -3.59. The number of aryl methyl sites for hydroxylation is 1. The van der Waals surface area contributed by atoms with Gasteiger partial charge in [0.1, 0.15) is 0 Å². The Morgan fingerprint density at radius 2 is 1.70 bits per heavy atom. The number of aromatic nitrogens is 2. The van der Waals surface area contributed by atoms with Gasteiger partial charge in [-0.05, 0) is 70.3 Å². The monoisotopic (exact) mass is 507 g/mol. The van der Waals surface area contributed by atoms with Crippen molar-refractivity contribution in [1.29, 1.82) is 0 Å². The molecule has 198 valence electrons. The van der Waals surface area contributed by atoms with E-state index in [-0.39, 0.29) is 30.4 Å². The molecule has 1 fully saturated rings. The fourth-order valence-corrected chi connectivity index (χ4v) is 5.27. The first kappa shape index (κ1) is 26.5. The van der Waals surface area contributed by atoms with Gasteiger partial charge in [-0.3, -0.25) is 9.47 Å². The second kappa shape index (κ2) is 11.6. The van der Waals surface area contributed by atoms with Gasteiger partial charge in [-0.1, -0.05) is 42.0 Å². The van der Waals surface area contributed by atoms with Crippen LogP contribution in [-0.2, 0) is 4.74 Å². The number of nitrogens with zero attached hydrogens (tertiary/aromatic N) is 3. The summed E-state index contributed by atoms with van der Waals surface area (Å²) in [4.78, 5) is 39.6. The first-order valence-electron chi connectivity index (χ1n) is 13.0. The third-order valence-electron chi connectivity index (χ3n) is 7.23. The minimum absolute atomic E-state index is 0.0503. The molecule has 0 spiro atoms. The zero-order valence-electron chi connectivity index (χ0n) is 21.9. The van der Waals surface area contributed by atoms with Gasteiger partial charge in [0.25, 0.3) is 0 Å². The molecule has 1 saturated heterocycles. The van der Waals surface area contributed by atoms with Gasteiger partial charge in [0.2, 0.25) is 0 Å². The van der Waals surface area contributed by atoms with Gasteiger partial charge in [0.05, 0.1) is 17.6 Å². The molecule has 2 amide bonds. The third kappa shape index (κ3) is 6.05. The highest BCUT2D eigenvalue weighted by atomic mass is 16.5. The van der Waals surface area contributed by atoms with E-state index in [0.717, 1.165) is 31.4 Å². The number of hydrogen-bond donors (Lipinski definition) is 2. The van der Waals surface area contributed by atoms with Crippen LogP contribution < -0.4 is 16.7 Å². The van der Waals surface area contributed by atoms with Crippen LogP contribution in [0.15, 0.2) is 53.3 Å². The van der Waals surface area contributed by atoms with Crippen molar-refractivity contribution in [3.63, 3.8) is 0 Å². The molecule has 3 aromatic rings. The van der Waals surface area contributed by atoms with E-state index in [1.807, 2.05) is 32.0 Å². The number of imidazole rings is 1. The van der Waals surface area contributed by atoms with Crippen LogP contribution in [0, 0.1) is 12.8 Å². The fourth-order valence-electron chi connectivity index (χ4n) is 5.27. The van der Waals surface area contributed by atoms with Crippen LogP contribution in [0.25, 0.3) is 11.0 Å². The average Bonchev–Trinajstić information content (AvgIpc) is 3.18. The Balaban J connectivity index is 1.38. The highest BCUT2D eigenvalue weighted by molar-refractivity contribution is 5.89. The highest BCUT2D eigenvalue weighted by Crippen LogP contribution is 2.29. The van der Waals surface area contributed by atoms with Crippen molar-refractivity contribution < 1.29 is 14.3 Å². The van der Waals surface area contributed by atoms with E-state index in [2.05, 4.69) is 41.4 Å². The molecule has 2 heterocycles. The lowest BCUT2D eigenvalue weighted by Gasteiger charge is -2.38. The molecule has 9 nitrogen and oxygen atoms in total. The molecule has 1 unspecified atom stereocenters. The van der Waals surface area contributed by atoms with Crippen molar-refractivity contribution in [1.82, 2.24) is 19.4 Å². The van der Waals surface area contributed by atoms with Gasteiger partial charge in [-0.2, -0.15) is 0 Å². The Morgan fingerprint density at radius 1 is 1.05 bits per heavy atom. The smallest absolute Gasteiger partial charge is 0.404 e. The van der Waals surface area contributed by atoms with Crippen molar-refractivity contribution in [2.75, 3.05) is 26.2 Å². The first-order chi connectivity index (χ1) is 17.8. The number of likely N-dealkylation sites (tertiary alicyclic amines) is 1. The van der Waals surface area contributed by atoms with Gasteiger partial charge >= 0.3 is 17.8 Å². The number of piperidine rings is 1. The largest absolute Gasteiger partial charge is 0.450 e. The minimum Gasteiger partial charge on any atom is -0.450 e. The molecule has 0 aliphatic carbocycles. The number of fused-ring (bicyclic) bond motifs is 1. The third-order valence-corrected chi connectivity index (χ3v) is 7.23. The second-order valence-electron chi connectivity index (χ2n) is 10.1. The number of amides is 2. The number of primary amides is 1. The van der Waals surface area contributed by atoms with Crippen LogP contribution in [0.2, 0.25) is 0 Å². The van der Waals surface area contributed by atoms with Gasteiger partial charge in [-0.15, -0.1) is 0 Å². The topological polar surface area (TPSA) is 112 Å². The minimum atomic E-state index is -0.757. The molecule has 1 aromatic heterocycles. The molecule has 2 aromatic carbocycles. The van der Waals surface area contributed by atoms with Gasteiger partial charge in [0, 0.05) is 25.0 Å². The number of carbonyl (C=O) groups is 2. The van der Waals surface area contributed by atoms with E-state index in [1.54, 1.807) is 10.6 Å². The van der Waals surface area contributed by atoms with E-state index in [4.69, 9.17) is 10.5 Å². The molecule has 3 N–H and O–H groups in total. The molecular formula is C28H37N5O4. The molecule has 1 aliphatic rings. The van der Waals surface area contributed by atoms with Crippen LogP contribution >= 0.6 is 0 Å². The molecule has 37 heavy (non-hydrogen) atoms. The normalized spacial score (nSPS) is 15.7. The molecule has 1 aliphatic heterocycles. The Labute approximate surface area is 217 Å². The summed E-state index contributed by atoms with van der Waals surface area (Å²) in [7, 11) is 0. The van der Waals surface area contributed by atoms with Crippen LogP contribution in [0.3, 0.4) is 0 Å². The molecular weight excluding hydrogens is 470 g/mol. The molecule has 4 rings (SSSR count). The van der Waals surface area contributed by atoms with Crippen molar-refractivity contribution >= 4 is 23.2 Å². The Bertz CT molecular complexity index is 1290. The number of ether oxygens (including phenoxy) is 1. The van der Waals surface area contributed by atoms with E-state index in [1.165, 1.54) is 15.7 Å². The number of benzene rings is 2. The predicted octanol–water partition coefficient (Wildman–Crippen LogP) is 4.19. The molecule has 0 radical (unpaired) electrons.